The number of esters is 1. The first kappa shape index (κ1) is 31.5. The van der Waals surface area contributed by atoms with E-state index >= 15 is 0 Å². The van der Waals surface area contributed by atoms with Gasteiger partial charge in [0.1, 0.15) is 5.75 Å². The van der Waals surface area contributed by atoms with Crippen LogP contribution in [0.3, 0.4) is 0 Å². The number of aromatic nitrogens is 2. The van der Waals surface area contributed by atoms with Gasteiger partial charge in [-0.3, -0.25) is 10.1 Å². The minimum Gasteiger partial charge on any atom is -0.484 e. The highest BCUT2D eigenvalue weighted by molar-refractivity contribution is 5.97. The van der Waals surface area contributed by atoms with Crippen molar-refractivity contribution >= 4 is 17.3 Å². The predicted octanol–water partition coefficient (Wildman–Crippen LogP) is 8.10. The number of nitro groups is 1. The number of benzene rings is 2. The van der Waals surface area contributed by atoms with Gasteiger partial charge in [0.25, 0.3) is 0 Å². The van der Waals surface area contributed by atoms with E-state index in [1.54, 1.807) is 24.3 Å². The quantitative estimate of drug-likeness (QED) is 0.0436. The molecule has 1 heterocycles. The molecule has 3 rings (SSSR count). The highest BCUT2D eigenvalue weighted by Crippen LogP contribution is 2.34. The average molecular weight is 563 g/mol. The molecule has 2 aromatic carbocycles. The molecule has 9 nitrogen and oxygen atoms in total. The number of anilines is 1. The van der Waals surface area contributed by atoms with Crippen LogP contribution < -0.4 is 15.2 Å². The minimum absolute atomic E-state index is 0.0407. The molecule has 41 heavy (non-hydrogen) atoms. The van der Waals surface area contributed by atoms with Gasteiger partial charge in [-0.05, 0) is 62.4 Å². The first-order chi connectivity index (χ1) is 19.8. The summed E-state index contributed by atoms with van der Waals surface area (Å²) in [6.45, 7) is 6.21. The van der Waals surface area contributed by atoms with Crippen LogP contribution in [-0.2, 0) is 6.42 Å². The second-order valence-electron chi connectivity index (χ2n) is 10.4. The van der Waals surface area contributed by atoms with Crippen LogP contribution in [0.25, 0.3) is 11.4 Å². The maximum Gasteiger partial charge on any atom is 0.345 e. The summed E-state index contributed by atoms with van der Waals surface area (Å²) < 4.78 is 11.3. The first-order valence-electron chi connectivity index (χ1n) is 14.7. The fourth-order valence-corrected chi connectivity index (χ4v) is 4.53. The number of nitrogens with two attached hydrogens (primary N) is 1. The highest BCUT2D eigenvalue weighted by atomic mass is 16.6. The topological polar surface area (TPSA) is 130 Å². The number of nitrogen functional groups attached to an aromatic ring is 1. The van der Waals surface area contributed by atoms with E-state index < -0.39 is 10.9 Å². The Labute approximate surface area is 242 Å². The van der Waals surface area contributed by atoms with Crippen LogP contribution in [0.15, 0.2) is 48.8 Å². The number of hydrogen-bond acceptors (Lipinski definition) is 8. The lowest BCUT2D eigenvalue weighted by Gasteiger charge is -2.16. The smallest absolute Gasteiger partial charge is 0.345 e. The van der Waals surface area contributed by atoms with Gasteiger partial charge in [0.05, 0.1) is 22.3 Å². The molecule has 0 fully saturated rings. The molecule has 1 atom stereocenters. The van der Waals surface area contributed by atoms with Crippen molar-refractivity contribution in [1.82, 2.24) is 9.97 Å². The Morgan fingerprint density at radius 3 is 2.22 bits per heavy atom. The molecule has 0 bridgehead atoms. The Bertz CT molecular complexity index is 1260. The zero-order chi connectivity index (χ0) is 29.6. The number of ether oxygens (including phenoxy) is 2. The normalized spacial score (nSPS) is 11.7. The van der Waals surface area contributed by atoms with Gasteiger partial charge in [-0.2, -0.15) is 0 Å². The summed E-state index contributed by atoms with van der Waals surface area (Å²) in [4.78, 5) is 33.0. The average Bonchev–Trinajstić information content (AvgIpc) is 2.96. The number of aryl methyl sites for hydroxylation is 1. The summed E-state index contributed by atoms with van der Waals surface area (Å²) in [7, 11) is 0. The third kappa shape index (κ3) is 9.84. The molecule has 0 aliphatic heterocycles. The lowest BCUT2D eigenvalue weighted by molar-refractivity contribution is -0.386. The number of unbranched alkanes of at least 4 members (excludes halogenated alkanes) is 7. The summed E-state index contributed by atoms with van der Waals surface area (Å²) in [6.07, 6.45) is 15.6. The van der Waals surface area contributed by atoms with Gasteiger partial charge in [-0.1, -0.05) is 58.8 Å². The van der Waals surface area contributed by atoms with Crippen LogP contribution in [0.4, 0.5) is 11.4 Å². The molecular weight excluding hydrogens is 520 g/mol. The van der Waals surface area contributed by atoms with Gasteiger partial charge in [0.2, 0.25) is 0 Å². The zero-order valence-corrected chi connectivity index (χ0v) is 24.4. The van der Waals surface area contributed by atoms with E-state index in [0.29, 0.717) is 5.82 Å². The minimum atomic E-state index is -0.794. The molecule has 1 unspecified atom stereocenters. The van der Waals surface area contributed by atoms with E-state index in [1.165, 1.54) is 31.7 Å². The highest BCUT2D eigenvalue weighted by Gasteiger charge is 2.24. The fraction of sp³-hybridized carbons (Fsp3) is 0.469. The van der Waals surface area contributed by atoms with Gasteiger partial charge < -0.3 is 15.2 Å². The van der Waals surface area contributed by atoms with Gasteiger partial charge in [0, 0.05) is 30.1 Å². The van der Waals surface area contributed by atoms with Crippen molar-refractivity contribution in [3.63, 3.8) is 0 Å². The summed E-state index contributed by atoms with van der Waals surface area (Å²) >= 11 is 0. The molecule has 0 spiro atoms. The van der Waals surface area contributed by atoms with E-state index in [4.69, 9.17) is 15.2 Å². The van der Waals surface area contributed by atoms with Gasteiger partial charge in [-0.25, -0.2) is 14.8 Å². The van der Waals surface area contributed by atoms with Gasteiger partial charge >= 0.3 is 11.7 Å². The maximum absolute atomic E-state index is 12.9. The predicted molar refractivity (Wildman–Crippen MR) is 161 cm³/mol. The number of nitrogens with zero attached hydrogens (tertiary/aromatic N) is 3. The number of hydrogen-bond donors (Lipinski definition) is 1. The summed E-state index contributed by atoms with van der Waals surface area (Å²) in [5.74, 6) is 0.0918. The van der Waals surface area contributed by atoms with E-state index in [0.717, 1.165) is 62.1 Å². The van der Waals surface area contributed by atoms with Crippen molar-refractivity contribution in [1.29, 1.82) is 0 Å². The Balaban J connectivity index is 1.62. The van der Waals surface area contributed by atoms with Gasteiger partial charge in [-0.15, -0.1) is 0 Å². The molecule has 0 saturated carbocycles. The van der Waals surface area contributed by atoms with Gasteiger partial charge in [0.15, 0.2) is 11.6 Å². The lowest BCUT2D eigenvalue weighted by atomic mass is 10.1. The molecular formula is C32H42N4O5. The van der Waals surface area contributed by atoms with Crippen LogP contribution >= 0.6 is 0 Å². The molecule has 220 valence electrons. The first-order valence-corrected chi connectivity index (χ1v) is 14.7. The molecule has 9 heteroatoms. The number of carbonyl (C=O) groups is 1. The molecule has 0 aliphatic rings. The van der Waals surface area contributed by atoms with Crippen molar-refractivity contribution in [2.24, 2.45) is 0 Å². The van der Waals surface area contributed by atoms with Crippen molar-refractivity contribution in [2.45, 2.75) is 97.5 Å². The van der Waals surface area contributed by atoms with Crippen LogP contribution in [0.2, 0.25) is 0 Å². The maximum atomic E-state index is 12.9. The molecule has 2 N–H and O–H groups in total. The Hall–Kier alpha value is -4.01. The number of nitro benzene ring substituents is 1. The van der Waals surface area contributed by atoms with Crippen molar-refractivity contribution in [3.8, 4) is 22.9 Å². The molecule has 0 amide bonds. The van der Waals surface area contributed by atoms with E-state index in [-0.39, 0.29) is 34.5 Å². The fourth-order valence-electron chi connectivity index (χ4n) is 4.53. The molecule has 0 radical (unpaired) electrons. The van der Waals surface area contributed by atoms with Crippen LogP contribution in [0.5, 0.6) is 11.5 Å². The summed E-state index contributed by atoms with van der Waals surface area (Å²) in [6, 6.07) is 9.21. The largest absolute Gasteiger partial charge is 0.484 e. The van der Waals surface area contributed by atoms with E-state index in [2.05, 4.69) is 23.8 Å². The Kier molecular flexibility index (Phi) is 12.5. The summed E-state index contributed by atoms with van der Waals surface area (Å²) in [5.41, 5.74) is 7.61. The van der Waals surface area contributed by atoms with Crippen molar-refractivity contribution in [2.75, 3.05) is 5.73 Å². The second-order valence-corrected chi connectivity index (χ2v) is 10.4. The molecule has 0 aliphatic carbocycles. The van der Waals surface area contributed by atoms with E-state index in [9.17, 15) is 14.9 Å². The Morgan fingerprint density at radius 2 is 1.59 bits per heavy atom. The molecule has 1 aromatic heterocycles. The monoisotopic (exact) mass is 562 g/mol. The zero-order valence-electron chi connectivity index (χ0n) is 24.4. The van der Waals surface area contributed by atoms with Crippen LogP contribution in [0.1, 0.15) is 101 Å². The lowest BCUT2D eigenvalue weighted by Crippen LogP contribution is -2.15. The van der Waals surface area contributed by atoms with Crippen molar-refractivity contribution < 1.29 is 19.2 Å². The standard InChI is InChI=1S/C32H42N4O5/c1-4-6-8-10-12-14-24-21-34-31(35-22-24)25-15-17-26(18-16-25)41-32(37)27-19-29(36(38)39)30(20-28(27)33)40-23(3)13-11-9-7-5-2/h15-23H,4-14,33H2,1-3H3. The van der Waals surface area contributed by atoms with Crippen LogP contribution in [-0.4, -0.2) is 27.0 Å². The molecule has 3 aromatic rings. The number of carbonyl (C=O) groups excluding carboxylic acids is 1. The molecule has 0 saturated heterocycles. The SMILES string of the molecule is CCCCCCCc1cnc(-c2ccc(OC(=O)c3cc([N+](=O)[O-])c(OC(C)CCCCCC)cc3N)cc2)nc1. The van der Waals surface area contributed by atoms with Crippen LogP contribution in [0, 0.1) is 10.1 Å². The Morgan fingerprint density at radius 1 is 0.951 bits per heavy atom. The third-order valence-electron chi connectivity index (χ3n) is 6.94. The third-order valence-corrected chi connectivity index (χ3v) is 6.94. The second kappa shape index (κ2) is 16.3. The number of rotatable bonds is 17. The van der Waals surface area contributed by atoms with E-state index in [1.807, 2.05) is 19.3 Å². The van der Waals surface area contributed by atoms with Crippen molar-refractivity contribution in [3.05, 3.63) is 70.0 Å². The summed E-state index contributed by atoms with van der Waals surface area (Å²) in [5, 5.41) is 11.8.